The molecule has 0 aliphatic carbocycles. The third-order valence-electron chi connectivity index (χ3n) is 2.56. The van der Waals surface area contributed by atoms with Crippen LogP contribution in [0.3, 0.4) is 0 Å². The highest BCUT2D eigenvalue weighted by atomic mass is 16.5. The van der Waals surface area contributed by atoms with Gasteiger partial charge in [0, 0.05) is 25.3 Å². The SMILES string of the molecule is C1COC[C@H](NC2CCOC2)C1. The molecule has 2 saturated heterocycles. The molecule has 2 heterocycles. The fourth-order valence-electron chi connectivity index (χ4n) is 1.87. The monoisotopic (exact) mass is 171 g/mol. The predicted octanol–water partition coefficient (Wildman–Crippen LogP) is 0.544. The van der Waals surface area contributed by atoms with Crippen LogP contribution in [-0.4, -0.2) is 38.5 Å². The summed E-state index contributed by atoms with van der Waals surface area (Å²) in [5.74, 6) is 0. The van der Waals surface area contributed by atoms with Crippen molar-refractivity contribution in [1.29, 1.82) is 0 Å². The average Bonchev–Trinajstić information content (AvgIpc) is 2.59. The molecule has 0 aromatic rings. The largest absolute Gasteiger partial charge is 0.380 e. The molecule has 70 valence electrons. The Morgan fingerprint density at radius 1 is 0.917 bits per heavy atom. The van der Waals surface area contributed by atoms with Gasteiger partial charge in [0.1, 0.15) is 0 Å². The fourth-order valence-corrected chi connectivity index (χ4v) is 1.87. The van der Waals surface area contributed by atoms with Gasteiger partial charge in [-0.15, -0.1) is 0 Å². The first-order valence-corrected chi connectivity index (χ1v) is 4.87. The molecule has 0 amide bonds. The zero-order valence-electron chi connectivity index (χ0n) is 7.42. The standard InChI is InChI=1S/C9H17NO2/c1-2-8(6-11-4-1)10-9-3-5-12-7-9/h8-10H,1-7H2/t8-,9?/m1/s1. The molecule has 2 aliphatic heterocycles. The first-order valence-electron chi connectivity index (χ1n) is 4.87. The summed E-state index contributed by atoms with van der Waals surface area (Å²) < 4.78 is 10.7. The van der Waals surface area contributed by atoms with Crippen molar-refractivity contribution in [3.63, 3.8) is 0 Å². The van der Waals surface area contributed by atoms with Gasteiger partial charge in [0.05, 0.1) is 13.2 Å². The van der Waals surface area contributed by atoms with Gasteiger partial charge < -0.3 is 14.8 Å². The topological polar surface area (TPSA) is 30.5 Å². The molecule has 2 atom stereocenters. The summed E-state index contributed by atoms with van der Waals surface area (Å²) in [6.07, 6.45) is 3.62. The minimum atomic E-state index is 0.574. The lowest BCUT2D eigenvalue weighted by atomic mass is 10.1. The molecule has 3 heteroatoms. The summed E-state index contributed by atoms with van der Waals surface area (Å²) in [5.41, 5.74) is 0. The molecule has 0 spiro atoms. The van der Waals surface area contributed by atoms with E-state index in [2.05, 4.69) is 5.32 Å². The van der Waals surface area contributed by atoms with Crippen molar-refractivity contribution in [3.8, 4) is 0 Å². The maximum atomic E-state index is 5.39. The third-order valence-corrected chi connectivity index (χ3v) is 2.56. The number of nitrogens with one attached hydrogen (secondary N) is 1. The van der Waals surface area contributed by atoms with E-state index in [1.807, 2.05) is 0 Å². The molecule has 3 nitrogen and oxygen atoms in total. The number of hydrogen-bond donors (Lipinski definition) is 1. The molecule has 12 heavy (non-hydrogen) atoms. The molecule has 2 rings (SSSR count). The average molecular weight is 171 g/mol. The van der Waals surface area contributed by atoms with Gasteiger partial charge in [-0.3, -0.25) is 0 Å². The third kappa shape index (κ3) is 2.19. The molecule has 2 aliphatic rings. The summed E-state index contributed by atoms with van der Waals surface area (Å²) in [4.78, 5) is 0. The Hall–Kier alpha value is -0.120. The van der Waals surface area contributed by atoms with Crippen molar-refractivity contribution < 1.29 is 9.47 Å². The molecule has 0 bridgehead atoms. The van der Waals surface area contributed by atoms with Gasteiger partial charge in [-0.25, -0.2) is 0 Å². The predicted molar refractivity (Wildman–Crippen MR) is 46.2 cm³/mol. The molecule has 1 unspecified atom stereocenters. The second-order valence-electron chi connectivity index (χ2n) is 3.64. The molecule has 2 fully saturated rings. The van der Waals surface area contributed by atoms with E-state index in [0.29, 0.717) is 12.1 Å². The van der Waals surface area contributed by atoms with Crippen molar-refractivity contribution in [2.45, 2.75) is 31.3 Å². The van der Waals surface area contributed by atoms with E-state index in [0.717, 1.165) is 32.8 Å². The number of rotatable bonds is 2. The summed E-state index contributed by atoms with van der Waals surface area (Å²) in [7, 11) is 0. The fraction of sp³-hybridized carbons (Fsp3) is 1.00. The normalized spacial score (nSPS) is 37.0. The van der Waals surface area contributed by atoms with Gasteiger partial charge in [-0.2, -0.15) is 0 Å². The quantitative estimate of drug-likeness (QED) is 0.658. The first kappa shape index (κ1) is 8.48. The van der Waals surface area contributed by atoms with Crippen LogP contribution < -0.4 is 5.32 Å². The minimum Gasteiger partial charge on any atom is -0.380 e. The van der Waals surface area contributed by atoms with Gasteiger partial charge in [0.2, 0.25) is 0 Å². The van der Waals surface area contributed by atoms with Crippen LogP contribution in [0.2, 0.25) is 0 Å². The van der Waals surface area contributed by atoms with Gasteiger partial charge in [0.25, 0.3) is 0 Å². The zero-order valence-corrected chi connectivity index (χ0v) is 7.42. The molecule has 0 aromatic carbocycles. The van der Waals surface area contributed by atoms with E-state index >= 15 is 0 Å². The molecular weight excluding hydrogens is 154 g/mol. The van der Waals surface area contributed by atoms with E-state index in [-0.39, 0.29) is 0 Å². The van der Waals surface area contributed by atoms with Crippen LogP contribution in [0.5, 0.6) is 0 Å². The first-order chi connectivity index (χ1) is 5.95. The van der Waals surface area contributed by atoms with Crippen molar-refractivity contribution >= 4 is 0 Å². The highest BCUT2D eigenvalue weighted by Crippen LogP contribution is 2.10. The Morgan fingerprint density at radius 3 is 2.33 bits per heavy atom. The van der Waals surface area contributed by atoms with Crippen molar-refractivity contribution in [1.82, 2.24) is 5.32 Å². The van der Waals surface area contributed by atoms with Crippen molar-refractivity contribution in [2.24, 2.45) is 0 Å². The van der Waals surface area contributed by atoms with E-state index < -0.39 is 0 Å². The molecular formula is C9H17NO2. The smallest absolute Gasteiger partial charge is 0.0620 e. The van der Waals surface area contributed by atoms with Crippen LogP contribution in [0.1, 0.15) is 19.3 Å². The lowest BCUT2D eigenvalue weighted by molar-refractivity contribution is 0.0653. The van der Waals surface area contributed by atoms with Crippen LogP contribution >= 0.6 is 0 Å². The Morgan fingerprint density at radius 2 is 1.67 bits per heavy atom. The summed E-state index contributed by atoms with van der Waals surface area (Å²) in [5, 5.41) is 3.57. The van der Waals surface area contributed by atoms with Crippen LogP contribution in [-0.2, 0) is 9.47 Å². The van der Waals surface area contributed by atoms with Gasteiger partial charge in [-0.1, -0.05) is 0 Å². The summed E-state index contributed by atoms with van der Waals surface area (Å²) in [6, 6.07) is 1.15. The Bertz CT molecular complexity index is 128. The van der Waals surface area contributed by atoms with E-state index in [4.69, 9.17) is 9.47 Å². The molecule has 0 saturated carbocycles. The Labute approximate surface area is 73.4 Å². The van der Waals surface area contributed by atoms with Crippen LogP contribution in [0, 0.1) is 0 Å². The van der Waals surface area contributed by atoms with Crippen LogP contribution in [0.15, 0.2) is 0 Å². The molecule has 1 N–H and O–H groups in total. The highest BCUT2D eigenvalue weighted by molar-refractivity contribution is 4.78. The summed E-state index contributed by atoms with van der Waals surface area (Å²) in [6.45, 7) is 3.64. The maximum absolute atomic E-state index is 5.39. The van der Waals surface area contributed by atoms with Crippen LogP contribution in [0.4, 0.5) is 0 Å². The second kappa shape index (κ2) is 4.21. The Kier molecular flexibility index (Phi) is 2.98. The van der Waals surface area contributed by atoms with Gasteiger partial charge >= 0.3 is 0 Å². The number of hydrogen-bond acceptors (Lipinski definition) is 3. The van der Waals surface area contributed by atoms with Gasteiger partial charge in [-0.05, 0) is 19.3 Å². The molecule has 0 aromatic heterocycles. The summed E-state index contributed by atoms with van der Waals surface area (Å²) >= 11 is 0. The van der Waals surface area contributed by atoms with Gasteiger partial charge in [0.15, 0.2) is 0 Å². The zero-order chi connectivity index (χ0) is 8.23. The minimum absolute atomic E-state index is 0.574. The lowest BCUT2D eigenvalue weighted by Crippen LogP contribution is -2.43. The molecule has 0 radical (unpaired) electrons. The van der Waals surface area contributed by atoms with Crippen molar-refractivity contribution in [3.05, 3.63) is 0 Å². The van der Waals surface area contributed by atoms with Crippen molar-refractivity contribution in [2.75, 3.05) is 26.4 Å². The number of ether oxygens (including phenoxy) is 2. The maximum Gasteiger partial charge on any atom is 0.0620 e. The van der Waals surface area contributed by atoms with E-state index in [1.54, 1.807) is 0 Å². The highest BCUT2D eigenvalue weighted by Gasteiger charge is 2.21. The second-order valence-corrected chi connectivity index (χ2v) is 3.64. The van der Waals surface area contributed by atoms with Crippen LogP contribution in [0.25, 0.3) is 0 Å². The Balaban J connectivity index is 1.69. The lowest BCUT2D eigenvalue weighted by Gasteiger charge is -2.25. The van der Waals surface area contributed by atoms with E-state index in [1.165, 1.54) is 12.8 Å². The van der Waals surface area contributed by atoms with E-state index in [9.17, 15) is 0 Å².